The Morgan fingerprint density at radius 1 is 1.10 bits per heavy atom. The van der Waals surface area contributed by atoms with E-state index in [1.807, 2.05) is 24.3 Å². The molecule has 0 aliphatic heterocycles. The summed E-state index contributed by atoms with van der Waals surface area (Å²) < 4.78 is 0. The van der Waals surface area contributed by atoms with Gasteiger partial charge >= 0.3 is 0 Å². The van der Waals surface area contributed by atoms with E-state index in [1.165, 1.54) is 5.56 Å². The number of H-pyrrole nitrogens is 1. The van der Waals surface area contributed by atoms with Gasteiger partial charge < -0.3 is 5.32 Å². The summed E-state index contributed by atoms with van der Waals surface area (Å²) >= 11 is 0. The van der Waals surface area contributed by atoms with Gasteiger partial charge in [0.1, 0.15) is 11.0 Å². The third kappa shape index (κ3) is 2.38. The van der Waals surface area contributed by atoms with Gasteiger partial charge in [-0.3, -0.25) is 4.79 Å². The summed E-state index contributed by atoms with van der Waals surface area (Å²) in [4.78, 5) is 12.2. The highest BCUT2D eigenvalue weighted by Crippen LogP contribution is 2.14. The number of benzene rings is 2. The zero-order valence-electron chi connectivity index (χ0n) is 11.1. The molecular formula is C15H14N4O. The lowest BCUT2D eigenvalue weighted by Gasteiger charge is -2.06. The van der Waals surface area contributed by atoms with E-state index in [9.17, 15) is 4.79 Å². The van der Waals surface area contributed by atoms with Crippen molar-refractivity contribution in [2.24, 2.45) is 0 Å². The molecule has 3 aromatic rings. The van der Waals surface area contributed by atoms with E-state index >= 15 is 0 Å². The number of carbonyl (C=O) groups is 1. The Hall–Kier alpha value is -2.69. The first-order valence-electron chi connectivity index (χ1n) is 6.47. The number of aromatic nitrogens is 3. The molecule has 100 valence electrons. The van der Waals surface area contributed by atoms with E-state index in [-0.39, 0.29) is 5.91 Å². The molecule has 0 spiro atoms. The molecule has 5 nitrogen and oxygen atoms in total. The van der Waals surface area contributed by atoms with E-state index in [2.05, 4.69) is 27.7 Å². The topological polar surface area (TPSA) is 70.7 Å². The van der Waals surface area contributed by atoms with Gasteiger partial charge in [-0.25, -0.2) is 0 Å². The lowest BCUT2D eigenvalue weighted by Crippen LogP contribution is -2.11. The minimum Gasteiger partial charge on any atom is -0.322 e. The van der Waals surface area contributed by atoms with Gasteiger partial charge in [0.15, 0.2) is 0 Å². The molecule has 0 aliphatic carbocycles. The first kappa shape index (κ1) is 12.3. The van der Waals surface area contributed by atoms with Gasteiger partial charge in [0.2, 0.25) is 0 Å². The summed E-state index contributed by atoms with van der Waals surface area (Å²) in [5, 5.41) is 13.3. The van der Waals surface area contributed by atoms with Crippen molar-refractivity contribution >= 4 is 22.6 Å². The fraction of sp³-hybridized carbons (Fsp3) is 0.133. The molecule has 0 radical (unpaired) electrons. The number of aromatic amines is 1. The molecule has 0 aliphatic rings. The molecule has 0 atom stereocenters. The average Bonchev–Trinajstić information content (AvgIpc) is 2.95. The summed E-state index contributed by atoms with van der Waals surface area (Å²) in [5.41, 5.74) is 4.01. The average molecular weight is 266 g/mol. The van der Waals surface area contributed by atoms with Crippen molar-refractivity contribution in [3.05, 3.63) is 53.6 Å². The van der Waals surface area contributed by atoms with E-state index in [0.29, 0.717) is 11.1 Å². The first-order valence-corrected chi connectivity index (χ1v) is 6.47. The third-order valence-corrected chi connectivity index (χ3v) is 3.20. The number of hydrogen-bond acceptors (Lipinski definition) is 3. The molecular weight excluding hydrogens is 252 g/mol. The third-order valence-electron chi connectivity index (χ3n) is 3.20. The largest absolute Gasteiger partial charge is 0.322 e. The molecule has 0 saturated carbocycles. The van der Waals surface area contributed by atoms with Crippen molar-refractivity contribution in [1.82, 2.24) is 15.4 Å². The highest BCUT2D eigenvalue weighted by molar-refractivity contribution is 6.05. The van der Waals surface area contributed by atoms with Crippen LogP contribution in [0.4, 0.5) is 5.69 Å². The van der Waals surface area contributed by atoms with Gasteiger partial charge in [0.05, 0.1) is 0 Å². The Morgan fingerprint density at radius 2 is 1.85 bits per heavy atom. The van der Waals surface area contributed by atoms with Crippen molar-refractivity contribution in [2.45, 2.75) is 13.3 Å². The van der Waals surface area contributed by atoms with Crippen molar-refractivity contribution in [1.29, 1.82) is 0 Å². The summed E-state index contributed by atoms with van der Waals surface area (Å²) in [6.45, 7) is 2.10. The Bertz CT molecular complexity index is 746. The zero-order chi connectivity index (χ0) is 13.9. The molecule has 3 rings (SSSR count). The molecule has 2 N–H and O–H groups in total. The second-order valence-corrected chi connectivity index (χ2v) is 4.53. The summed E-state index contributed by atoms with van der Waals surface area (Å²) in [6, 6.07) is 13.1. The van der Waals surface area contributed by atoms with Gasteiger partial charge in [-0.2, -0.15) is 15.4 Å². The van der Waals surface area contributed by atoms with Crippen molar-refractivity contribution < 1.29 is 4.79 Å². The lowest BCUT2D eigenvalue weighted by atomic mass is 10.1. The normalized spacial score (nSPS) is 10.7. The molecule has 0 bridgehead atoms. The van der Waals surface area contributed by atoms with Crippen molar-refractivity contribution in [3.8, 4) is 0 Å². The predicted molar refractivity (Wildman–Crippen MR) is 77.7 cm³/mol. The number of nitrogens with zero attached hydrogens (tertiary/aromatic N) is 2. The second kappa shape index (κ2) is 5.13. The molecule has 0 unspecified atom stereocenters. The molecule has 5 heteroatoms. The number of aryl methyl sites for hydroxylation is 1. The van der Waals surface area contributed by atoms with E-state index < -0.39 is 0 Å². The molecule has 1 amide bonds. The van der Waals surface area contributed by atoms with Crippen LogP contribution in [0.25, 0.3) is 11.0 Å². The summed E-state index contributed by atoms with van der Waals surface area (Å²) in [6.07, 6.45) is 0.983. The van der Waals surface area contributed by atoms with Gasteiger partial charge in [-0.15, -0.1) is 0 Å². The number of hydrogen-bond donors (Lipinski definition) is 2. The van der Waals surface area contributed by atoms with Crippen LogP contribution in [0.15, 0.2) is 42.5 Å². The smallest absolute Gasteiger partial charge is 0.255 e. The molecule has 1 aromatic heterocycles. The van der Waals surface area contributed by atoms with Gasteiger partial charge in [0, 0.05) is 11.3 Å². The van der Waals surface area contributed by atoms with Crippen LogP contribution in [0.2, 0.25) is 0 Å². The molecule has 1 heterocycles. The SMILES string of the molecule is CCc1ccc(NC(=O)c2ccc3n[nH]nc3c2)cc1. The van der Waals surface area contributed by atoms with Crippen LogP contribution in [0.5, 0.6) is 0 Å². The first-order chi connectivity index (χ1) is 9.76. The number of fused-ring (bicyclic) bond motifs is 1. The fourth-order valence-corrected chi connectivity index (χ4v) is 2.01. The number of rotatable bonds is 3. The molecule has 20 heavy (non-hydrogen) atoms. The minimum absolute atomic E-state index is 0.154. The predicted octanol–water partition coefficient (Wildman–Crippen LogP) is 2.77. The van der Waals surface area contributed by atoms with Crippen LogP contribution < -0.4 is 5.32 Å². The number of nitrogens with one attached hydrogen (secondary N) is 2. The van der Waals surface area contributed by atoms with Crippen LogP contribution in [0.1, 0.15) is 22.8 Å². The maximum atomic E-state index is 12.2. The van der Waals surface area contributed by atoms with E-state index in [1.54, 1.807) is 18.2 Å². The summed E-state index contributed by atoms with van der Waals surface area (Å²) in [5.74, 6) is -0.154. The zero-order valence-corrected chi connectivity index (χ0v) is 11.1. The van der Waals surface area contributed by atoms with Crippen molar-refractivity contribution in [3.63, 3.8) is 0 Å². The Labute approximate surface area is 116 Å². The summed E-state index contributed by atoms with van der Waals surface area (Å²) in [7, 11) is 0. The number of carbonyl (C=O) groups excluding carboxylic acids is 1. The van der Waals surface area contributed by atoms with Crippen LogP contribution in [-0.2, 0) is 6.42 Å². The Balaban J connectivity index is 1.80. The van der Waals surface area contributed by atoms with Gasteiger partial charge in [-0.05, 0) is 42.3 Å². The van der Waals surface area contributed by atoms with Crippen LogP contribution >= 0.6 is 0 Å². The number of amides is 1. The Kier molecular flexibility index (Phi) is 3.16. The maximum absolute atomic E-state index is 12.2. The number of anilines is 1. The molecule has 0 fully saturated rings. The Morgan fingerprint density at radius 3 is 2.60 bits per heavy atom. The van der Waals surface area contributed by atoms with Crippen LogP contribution in [0.3, 0.4) is 0 Å². The van der Waals surface area contributed by atoms with Gasteiger partial charge in [0.25, 0.3) is 5.91 Å². The van der Waals surface area contributed by atoms with Crippen LogP contribution in [-0.4, -0.2) is 21.3 Å². The quantitative estimate of drug-likeness (QED) is 0.765. The monoisotopic (exact) mass is 266 g/mol. The lowest BCUT2D eigenvalue weighted by molar-refractivity contribution is 0.102. The van der Waals surface area contributed by atoms with E-state index in [0.717, 1.165) is 17.6 Å². The van der Waals surface area contributed by atoms with Gasteiger partial charge in [-0.1, -0.05) is 19.1 Å². The second-order valence-electron chi connectivity index (χ2n) is 4.53. The standard InChI is InChI=1S/C15H14N4O/c1-2-10-3-6-12(7-4-10)16-15(20)11-5-8-13-14(9-11)18-19-17-13/h3-9H,2H2,1H3,(H,16,20)(H,17,18,19). The highest BCUT2D eigenvalue weighted by atomic mass is 16.1. The minimum atomic E-state index is -0.154. The van der Waals surface area contributed by atoms with Crippen molar-refractivity contribution in [2.75, 3.05) is 5.32 Å². The molecule has 0 saturated heterocycles. The van der Waals surface area contributed by atoms with Crippen LogP contribution in [0, 0.1) is 0 Å². The fourth-order valence-electron chi connectivity index (χ4n) is 2.01. The highest BCUT2D eigenvalue weighted by Gasteiger charge is 2.08. The van der Waals surface area contributed by atoms with E-state index in [4.69, 9.17) is 0 Å². The maximum Gasteiger partial charge on any atom is 0.255 e. The molecule has 2 aromatic carbocycles.